The minimum atomic E-state index is -0.738. The second-order valence-corrected chi connectivity index (χ2v) is 11.1. The fourth-order valence-corrected chi connectivity index (χ4v) is 5.02. The zero-order valence-electron chi connectivity index (χ0n) is 25.6. The van der Waals surface area contributed by atoms with E-state index in [1.165, 1.54) is 9.80 Å². The van der Waals surface area contributed by atoms with E-state index in [4.69, 9.17) is 9.47 Å². The number of amides is 4. The van der Waals surface area contributed by atoms with Crippen LogP contribution in [-0.2, 0) is 22.6 Å². The lowest BCUT2D eigenvalue weighted by molar-refractivity contribution is -0.192. The SMILES string of the molecule is CCCN(Cc1ccc(C)cc1)C(=O)N1C(=O)C(CC)(CC)C1Oc1ccc(CNCC(C)OC(=O)N(C)C)cc1. The van der Waals surface area contributed by atoms with E-state index in [1.54, 1.807) is 19.0 Å². The number of nitrogens with zero attached hydrogens (tertiary/aromatic N) is 3. The number of aryl methyl sites for hydroxylation is 1. The van der Waals surface area contributed by atoms with Crippen molar-refractivity contribution in [2.75, 3.05) is 27.2 Å². The molecular formula is C32H46N4O5. The molecule has 0 aliphatic carbocycles. The van der Waals surface area contributed by atoms with Gasteiger partial charge in [0.15, 0.2) is 6.23 Å². The lowest BCUT2D eigenvalue weighted by Gasteiger charge is -2.54. The van der Waals surface area contributed by atoms with Crippen LogP contribution in [0.2, 0.25) is 0 Å². The van der Waals surface area contributed by atoms with E-state index in [0.29, 0.717) is 44.8 Å². The summed E-state index contributed by atoms with van der Waals surface area (Å²) in [6, 6.07) is 15.4. The molecule has 9 heteroatoms. The van der Waals surface area contributed by atoms with Crippen molar-refractivity contribution in [1.29, 1.82) is 0 Å². The van der Waals surface area contributed by atoms with Crippen molar-refractivity contribution in [2.45, 2.75) is 79.3 Å². The molecule has 1 fully saturated rings. The molecule has 2 atom stereocenters. The number of ether oxygens (including phenoxy) is 2. The van der Waals surface area contributed by atoms with Gasteiger partial charge in [-0.25, -0.2) is 14.5 Å². The first-order valence-corrected chi connectivity index (χ1v) is 14.6. The molecule has 1 aliphatic heterocycles. The number of likely N-dealkylation sites (tertiary alicyclic amines) is 1. The van der Waals surface area contributed by atoms with E-state index >= 15 is 0 Å². The molecule has 1 heterocycles. The Bertz CT molecular complexity index is 1160. The molecule has 2 aromatic carbocycles. The summed E-state index contributed by atoms with van der Waals surface area (Å²) < 4.78 is 11.7. The van der Waals surface area contributed by atoms with Gasteiger partial charge in [-0.3, -0.25) is 4.79 Å². The van der Waals surface area contributed by atoms with Crippen molar-refractivity contribution in [3.8, 4) is 5.75 Å². The Hall–Kier alpha value is -3.59. The zero-order chi connectivity index (χ0) is 30.2. The number of rotatable bonds is 13. The Labute approximate surface area is 244 Å². The first-order valence-electron chi connectivity index (χ1n) is 14.6. The number of β-lactam (4-membered cyclic amide) rings is 1. The van der Waals surface area contributed by atoms with Crippen LogP contribution in [0.3, 0.4) is 0 Å². The van der Waals surface area contributed by atoms with Crippen LogP contribution < -0.4 is 10.1 Å². The summed E-state index contributed by atoms with van der Waals surface area (Å²) >= 11 is 0. The number of urea groups is 1. The highest BCUT2D eigenvalue weighted by molar-refractivity contribution is 6.03. The second-order valence-electron chi connectivity index (χ2n) is 11.1. The summed E-state index contributed by atoms with van der Waals surface area (Å²) in [5.41, 5.74) is 2.48. The predicted octanol–water partition coefficient (Wildman–Crippen LogP) is 5.56. The molecule has 0 spiro atoms. The van der Waals surface area contributed by atoms with E-state index in [0.717, 1.165) is 23.1 Å². The maximum atomic E-state index is 13.8. The molecule has 1 N–H and O–H groups in total. The second kappa shape index (κ2) is 14.3. The Kier molecular flexibility index (Phi) is 11.2. The zero-order valence-corrected chi connectivity index (χ0v) is 25.6. The molecule has 224 valence electrons. The number of imide groups is 1. The predicted molar refractivity (Wildman–Crippen MR) is 159 cm³/mol. The van der Waals surface area contributed by atoms with Gasteiger partial charge in [0.2, 0.25) is 5.91 Å². The van der Waals surface area contributed by atoms with Crippen molar-refractivity contribution < 1.29 is 23.9 Å². The van der Waals surface area contributed by atoms with Gasteiger partial charge in [-0.2, -0.15) is 0 Å². The molecule has 41 heavy (non-hydrogen) atoms. The van der Waals surface area contributed by atoms with Gasteiger partial charge >= 0.3 is 12.1 Å². The van der Waals surface area contributed by atoms with Crippen LogP contribution in [0.1, 0.15) is 63.6 Å². The summed E-state index contributed by atoms with van der Waals surface area (Å²) in [5.74, 6) is 0.427. The van der Waals surface area contributed by atoms with E-state index < -0.39 is 11.6 Å². The van der Waals surface area contributed by atoms with Crippen LogP contribution >= 0.6 is 0 Å². The summed E-state index contributed by atoms with van der Waals surface area (Å²) in [6.45, 7) is 11.9. The van der Waals surface area contributed by atoms with Crippen LogP contribution in [0, 0.1) is 12.3 Å². The van der Waals surface area contributed by atoms with Gasteiger partial charge < -0.3 is 24.6 Å². The molecule has 1 aliphatic rings. The first-order chi connectivity index (χ1) is 19.6. The number of benzene rings is 2. The minimum absolute atomic E-state index is 0.174. The van der Waals surface area contributed by atoms with Gasteiger partial charge in [-0.05, 0) is 56.4 Å². The van der Waals surface area contributed by atoms with Crippen LogP contribution in [0.5, 0.6) is 5.75 Å². The van der Waals surface area contributed by atoms with Crippen LogP contribution in [0.4, 0.5) is 9.59 Å². The van der Waals surface area contributed by atoms with Crippen molar-refractivity contribution in [2.24, 2.45) is 5.41 Å². The number of carbonyl (C=O) groups excluding carboxylic acids is 3. The van der Waals surface area contributed by atoms with Crippen LogP contribution in [0.25, 0.3) is 0 Å². The van der Waals surface area contributed by atoms with Gasteiger partial charge in [-0.1, -0.05) is 62.7 Å². The monoisotopic (exact) mass is 566 g/mol. The third kappa shape index (κ3) is 7.58. The van der Waals surface area contributed by atoms with E-state index in [-0.39, 0.29) is 24.1 Å². The Morgan fingerprint density at radius 1 is 1.00 bits per heavy atom. The highest BCUT2D eigenvalue weighted by Gasteiger charge is 2.63. The maximum absolute atomic E-state index is 13.8. The fourth-order valence-electron chi connectivity index (χ4n) is 5.02. The van der Waals surface area contributed by atoms with Gasteiger partial charge in [0.25, 0.3) is 0 Å². The molecule has 0 radical (unpaired) electrons. The molecule has 2 aromatic rings. The number of hydrogen-bond acceptors (Lipinski definition) is 6. The largest absolute Gasteiger partial charge is 0.469 e. The smallest absolute Gasteiger partial charge is 0.409 e. The van der Waals surface area contributed by atoms with Crippen molar-refractivity contribution >= 4 is 18.0 Å². The molecule has 9 nitrogen and oxygen atoms in total. The molecule has 0 saturated carbocycles. The molecule has 4 amide bonds. The Morgan fingerprint density at radius 3 is 2.17 bits per heavy atom. The number of nitrogens with one attached hydrogen (secondary N) is 1. The number of hydrogen-bond donors (Lipinski definition) is 1. The third-order valence-electron chi connectivity index (χ3n) is 7.68. The average molecular weight is 567 g/mol. The molecule has 0 bridgehead atoms. The van der Waals surface area contributed by atoms with E-state index in [9.17, 15) is 14.4 Å². The van der Waals surface area contributed by atoms with Gasteiger partial charge in [0.05, 0.1) is 0 Å². The van der Waals surface area contributed by atoms with Gasteiger partial charge in [0, 0.05) is 40.3 Å². The number of carbonyl (C=O) groups is 3. The molecule has 2 unspecified atom stereocenters. The first kappa shape index (κ1) is 31.9. The maximum Gasteiger partial charge on any atom is 0.409 e. The van der Waals surface area contributed by atoms with Crippen LogP contribution in [0.15, 0.2) is 48.5 Å². The highest BCUT2D eigenvalue weighted by Crippen LogP contribution is 2.46. The Morgan fingerprint density at radius 2 is 1.61 bits per heavy atom. The van der Waals surface area contributed by atoms with Gasteiger partial charge in [-0.15, -0.1) is 0 Å². The van der Waals surface area contributed by atoms with Crippen molar-refractivity contribution in [3.63, 3.8) is 0 Å². The highest BCUT2D eigenvalue weighted by atomic mass is 16.6. The normalized spacial score (nSPS) is 16.5. The summed E-state index contributed by atoms with van der Waals surface area (Å²) in [4.78, 5) is 43.4. The minimum Gasteiger partial charge on any atom is -0.469 e. The quantitative estimate of drug-likeness (QED) is 0.320. The molecular weight excluding hydrogens is 520 g/mol. The summed E-state index contributed by atoms with van der Waals surface area (Å²) in [5, 5.41) is 3.30. The third-order valence-corrected chi connectivity index (χ3v) is 7.68. The van der Waals surface area contributed by atoms with Crippen LogP contribution in [-0.4, -0.2) is 72.2 Å². The molecule has 0 aromatic heterocycles. The van der Waals surface area contributed by atoms with E-state index in [2.05, 4.69) is 5.32 Å². The van der Waals surface area contributed by atoms with E-state index in [1.807, 2.05) is 83.1 Å². The van der Waals surface area contributed by atoms with Gasteiger partial charge in [0.1, 0.15) is 17.3 Å². The molecule has 1 saturated heterocycles. The average Bonchev–Trinajstić information content (AvgIpc) is 2.95. The standard InChI is InChI=1S/C32H46N4O5/c1-8-19-35(22-26-13-11-23(4)12-14-26)30(38)36-28(37)32(9-2,10-3)29(36)41-27-17-15-25(16-18-27)21-33-20-24(5)40-31(39)34(6)7/h11-18,24,29,33H,8-10,19-22H2,1-7H3. The fraction of sp³-hybridized carbons (Fsp3) is 0.531. The summed E-state index contributed by atoms with van der Waals surface area (Å²) in [6.07, 6.45) is 0.644. The lowest BCUT2D eigenvalue weighted by atomic mass is 9.72. The van der Waals surface area contributed by atoms with Crippen molar-refractivity contribution in [3.05, 3.63) is 65.2 Å². The lowest BCUT2D eigenvalue weighted by Crippen LogP contribution is -2.73. The topological polar surface area (TPSA) is 91.4 Å². The summed E-state index contributed by atoms with van der Waals surface area (Å²) in [7, 11) is 3.30. The Balaban J connectivity index is 1.68. The molecule has 3 rings (SSSR count). The van der Waals surface area contributed by atoms with Crippen molar-refractivity contribution in [1.82, 2.24) is 20.0 Å².